The Morgan fingerprint density at radius 2 is 2.12 bits per heavy atom. The smallest absolute Gasteiger partial charge is 0.149 e. The number of nitrogens with two attached hydrogens (primary N) is 2. The predicted molar refractivity (Wildman–Crippen MR) is 68.1 cm³/mol. The Hall–Kier alpha value is -1.45. The summed E-state index contributed by atoms with van der Waals surface area (Å²) < 4.78 is 0. The van der Waals surface area contributed by atoms with Gasteiger partial charge in [-0.3, -0.25) is 0 Å². The van der Waals surface area contributed by atoms with Crippen LogP contribution in [0.4, 0.5) is 17.3 Å². The minimum absolute atomic E-state index is 0.331. The molecule has 5 N–H and O–H groups in total. The van der Waals surface area contributed by atoms with Crippen LogP contribution in [0.3, 0.4) is 0 Å². The molecule has 2 rings (SSSR count). The van der Waals surface area contributed by atoms with Crippen molar-refractivity contribution in [2.45, 2.75) is 39.2 Å². The maximum absolute atomic E-state index is 5.69. The van der Waals surface area contributed by atoms with Crippen LogP contribution in [-0.4, -0.2) is 11.0 Å². The van der Waals surface area contributed by atoms with Crippen LogP contribution in [0.5, 0.6) is 0 Å². The van der Waals surface area contributed by atoms with Gasteiger partial charge in [-0.25, -0.2) is 4.98 Å². The van der Waals surface area contributed by atoms with Crippen molar-refractivity contribution in [3.05, 3.63) is 12.1 Å². The molecule has 1 aliphatic rings. The first-order chi connectivity index (χ1) is 7.49. The summed E-state index contributed by atoms with van der Waals surface area (Å²) in [6.07, 6.45) is 3.73. The van der Waals surface area contributed by atoms with E-state index < -0.39 is 0 Å². The Labute approximate surface area is 96.4 Å². The van der Waals surface area contributed by atoms with Crippen LogP contribution in [0.1, 0.15) is 33.1 Å². The summed E-state index contributed by atoms with van der Waals surface area (Å²) in [6.45, 7) is 4.58. The Morgan fingerprint density at radius 3 is 2.69 bits per heavy atom. The molecule has 1 atom stereocenters. The van der Waals surface area contributed by atoms with E-state index in [4.69, 9.17) is 11.5 Å². The van der Waals surface area contributed by atoms with Crippen LogP contribution >= 0.6 is 0 Å². The van der Waals surface area contributed by atoms with Gasteiger partial charge < -0.3 is 16.8 Å². The van der Waals surface area contributed by atoms with E-state index in [1.54, 1.807) is 6.07 Å². The predicted octanol–water partition coefficient (Wildman–Crippen LogP) is 2.24. The average molecular weight is 220 g/mol. The van der Waals surface area contributed by atoms with Gasteiger partial charge >= 0.3 is 0 Å². The number of nitrogens with one attached hydrogen (secondary N) is 1. The lowest BCUT2D eigenvalue weighted by Gasteiger charge is -2.28. The van der Waals surface area contributed by atoms with Crippen LogP contribution in [0, 0.1) is 5.41 Å². The molecule has 0 bridgehead atoms. The second-order valence-electron chi connectivity index (χ2n) is 5.25. The van der Waals surface area contributed by atoms with Gasteiger partial charge in [0.15, 0.2) is 0 Å². The maximum atomic E-state index is 5.69. The summed E-state index contributed by atoms with van der Waals surface area (Å²) in [4.78, 5) is 4.24. The van der Waals surface area contributed by atoms with Gasteiger partial charge in [0.1, 0.15) is 11.6 Å². The third-order valence-electron chi connectivity index (χ3n) is 3.54. The number of pyridine rings is 1. The van der Waals surface area contributed by atoms with Crippen molar-refractivity contribution in [2.75, 3.05) is 16.8 Å². The summed E-state index contributed by atoms with van der Waals surface area (Å²) in [5.41, 5.74) is 12.2. The highest BCUT2D eigenvalue weighted by atomic mass is 15.1. The first-order valence-corrected chi connectivity index (χ1v) is 5.77. The van der Waals surface area contributed by atoms with Gasteiger partial charge in [0, 0.05) is 6.04 Å². The molecule has 4 heteroatoms. The molecule has 0 radical (unpaired) electrons. The van der Waals surface area contributed by atoms with E-state index in [0.717, 1.165) is 5.82 Å². The van der Waals surface area contributed by atoms with Crippen molar-refractivity contribution < 1.29 is 0 Å². The normalized spacial score (nSPS) is 23.2. The highest BCUT2D eigenvalue weighted by molar-refractivity contribution is 5.61. The Bertz CT molecular complexity index is 387. The molecule has 1 saturated carbocycles. The number of hydrogen-bond acceptors (Lipinski definition) is 4. The molecule has 1 fully saturated rings. The standard InChI is InChI=1S/C12H20N4/c1-12(2)7-3-4-9(12)15-10-6-5-8(13)11(14)16-10/h5-6,9H,3-4,7,13H2,1-2H3,(H3,14,15,16). The zero-order chi connectivity index (χ0) is 11.8. The maximum Gasteiger partial charge on any atom is 0.149 e. The van der Waals surface area contributed by atoms with Crippen LogP contribution in [-0.2, 0) is 0 Å². The Morgan fingerprint density at radius 1 is 1.38 bits per heavy atom. The average Bonchev–Trinajstić information content (AvgIpc) is 2.52. The molecule has 88 valence electrons. The minimum Gasteiger partial charge on any atom is -0.396 e. The lowest BCUT2D eigenvalue weighted by Crippen LogP contribution is -2.31. The zero-order valence-electron chi connectivity index (χ0n) is 9.96. The van der Waals surface area contributed by atoms with Gasteiger partial charge in [0.05, 0.1) is 5.69 Å². The molecule has 0 aliphatic heterocycles. The van der Waals surface area contributed by atoms with Crippen molar-refractivity contribution in [1.82, 2.24) is 4.98 Å². The van der Waals surface area contributed by atoms with E-state index in [2.05, 4.69) is 24.1 Å². The molecule has 16 heavy (non-hydrogen) atoms. The molecule has 0 aromatic carbocycles. The molecule has 1 aromatic heterocycles. The number of nitrogen functional groups attached to an aromatic ring is 2. The third kappa shape index (κ3) is 2.05. The number of nitrogens with zero attached hydrogens (tertiary/aromatic N) is 1. The lowest BCUT2D eigenvalue weighted by molar-refractivity contribution is 0.349. The molecule has 0 saturated heterocycles. The SMILES string of the molecule is CC1(C)CCCC1Nc1ccc(N)c(N)n1. The van der Waals surface area contributed by atoms with Gasteiger partial charge in [-0.2, -0.15) is 0 Å². The fourth-order valence-electron chi connectivity index (χ4n) is 2.34. The van der Waals surface area contributed by atoms with Crippen molar-refractivity contribution in [3.8, 4) is 0 Å². The van der Waals surface area contributed by atoms with E-state index in [-0.39, 0.29) is 0 Å². The van der Waals surface area contributed by atoms with Crippen LogP contribution in [0.25, 0.3) is 0 Å². The fraction of sp³-hybridized carbons (Fsp3) is 0.583. The Balaban J connectivity index is 2.12. The molecule has 0 spiro atoms. The summed E-state index contributed by atoms with van der Waals surface area (Å²) in [7, 11) is 0. The fourth-order valence-corrected chi connectivity index (χ4v) is 2.34. The highest BCUT2D eigenvalue weighted by Crippen LogP contribution is 2.38. The monoisotopic (exact) mass is 220 g/mol. The number of rotatable bonds is 2. The van der Waals surface area contributed by atoms with Gasteiger partial charge in [-0.05, 0) is 30.4 Å². The quantitative estimate of drug-likeness (QED) is 0.714. The highest BCUT2D eigenvalue weighted by Gasteiger charge is 2.34. The summed E-state index contributed by atoms with van der Waals surface area (Å²) in [6, 6.07) is 4.16. The second-order valence-corrected chi connectivity index (χ2v) is 5.25. The molecule has 1 unspecified atom stereocenters. The van der Waals surface area contributed by atoms with E-state index in [1.807, 2.05) is 6.07 Å². The molecule has 0 amide bonds. The van der Waals surface area contributed by atoms with Gasteiger partial charge in [-0.15, -0.1) is 0 Å². The van der Waals surface area contributed by atoms with Gasteiger partial charge in [0.25, 0.3) is 0 Å². The summed E-state index contributed by atoms with van der Waals surface area (Å²) in [5, 5.41) is 3.45. The van der Waals surface area contributed by atoms with E-state index in [9.17, 15) is 0 Å². The van der Waals surface area contributed by atoms with Crippen molar-refractivity contribution >= 4 is 17.3 Å². The molecule has 1 aliphatic carbocycles. The van der Waals surface area contributed by atoms with Crippen LogP contribution < -0.4 is 16.8 Å². The minimum atomic E-state index is 0.331. The first-order valence-electron chi connectivity index (χ1n) is 5.77. The second kappa shape index (κ2) is 3.85. The zero-order valence-corrected chi connectivity index (χ0v) is 9.96. The molecule has 1 aromatic rings. The van der Waals surface area contributed by atoms with Crippen LogP contribution in [0.2, 0.25) is 0 Å². The number of aromatic nitrogens is 1. The number of anilines is 3. The summed E-state index contributed by atoms with van der Waals surface area (Å²) >= 11 is 0. The van der Waals surface area contributed by atoms with E-state index >= 15 is 0 Å². The molecular weight excluding hydrogens is 200 g/mol. The van der Waals surface area contributed by atoms with E-state index in [1.165, 1.54) is 19.3 Å². The number of hydrogen-bond donors (Lipinski definition) is 3. The lowest BCUT2D eigenvalue weighted by atomic mass is 9.87. The van der Waals surface area contributed by atoms with Crippen molar-refractivity contribution in [3.63, 3.8) is 0 Å². The molecule has 1 heterocycles. The third-order valence-corrected chi connectivity index (χ3v) is 3.54. The van der Waals surface area contributed by atoms with Crippen molar-refractivity contribution in [1.29, 1.82) is 0 Å². The molecular formula is C12H20N4. The molecule has 4 nitrogen and oxygen atoms in total. The summed E-state index contributed by atoms with van der Waals surface area (Å²) in [5.74, 6) is 1.23. The topological polar surface area (TPSA) is 77.0 Å². The van der Waals surface area contributed by atoms with Gasteiger partial charge in [-0.1, -0.05) is 20.3 Å². The van der Waals surface area contributed by atoms with Crippen LogP contribution in [0.15, 0.2) is 12.1 Å². The largest absolute Gasteiger partial charge is 0.396 e. The van der Waals surface area contributed by atoms with Gasteiger partial charge in [0.2, 0.25) is 0 Å². The first kappa shape index (κ1) is 11.0. The van der Waals surface area contributed by atoms with Crippen molar-refractivity contribution in [2.24, 2.45) is 5.41 Å². The van der Waals surface area contributed by atoms with E-state index in [0.29, 0.717) is 23.0 Å². The Kier molecular flexibility index (Phi) is 2.66.